The van der Waals surface area contributed by atoms with Crippen LogP contribution in [0.2, 0.25) is 0 Å². The Kier molecular flexibility index (Phi) is 10.7. The highest BCUT2D eigenvalue weighted by molar-refractivity contribution is 5.76. The monoisotopic (exact) mass is 444 g/mol. The first-order chi connectivity index (χ1) is 13.5. The molecule has 12 heteroatoms. The number of carbonyl (C=O) groups is 1. The van der Waals surface area contributed by atoms with Crippen LogP contribution in [0.15, 0.2) is 0 Å². The Labute approximate surface area is 174 Å². The van der Waals surface area contributed by atoms with Crippen LogP contribution in [-0.2, 0) is 4.79 Å². The molecule has 0 spiro atoms. The van der Waals surface area contributed by atoms with Crippen molar-refractivity contribution in [2.75, 3.05) is 0 Å². The van der Waals surface area contributed by atoms with Crippen molar-refractivity contribution in [2.45, 2.75) is 106 Å². The van der Waals surface area contributed by atoms with E-state index in [1.165, 1.54) is 6.42 Å². The summed E-state index contributed by atoms with van der Waals surface area (Å²) in [5.41, 5.74) is 0. The van der Waals surface area contributed by atoms with Crippen molar-refractivity contribution < 1.29 is 61.0 Å². The van der Waals surface area contributed by atoms with Gasteiger partial charge in [-0.25, -0.2) is 4.79 Å². The number of hydrogen-bond acceptors (Lipinski definition) is 11. The molecule has 0 bridgehead atoms. The van der Waals surface area contributed by atoms with E-state index in [4.69, 9.17) is 5.11 Å². The number of carboxylic acid groups (broad SMARTS) is 1. The Morgan fingerprint density at radius 3 is 1.30 bits per heavy atom. The van der Waals surface area contributed by atoms with E-state index in [-0.39, 0.29) is 6.42 Å². The molecule has 0 saturated carbocycles. The molecule has 0 atom stereocenters. The van der Waals surface area contributed by atoms with Crippen LogP contribution in [0.4, 0.5) is 0 Å². The molecule has 11 N–H and O–H groups in total. The quantitative estimate of drug-likeness (QED) is 0.0896. The summed E-state index contributed by atoms with van der Waals surface area (Å²) in [6, 6.07) is 0. The van der Waals surface area contributed by atoms with Gasteiger partial charge >= 0.3 is 11.8 Å². The number of unbranched alkanes of at least 4 members (excludes halogenated alkanes) is 9. The summed E-state index contributed by atoms with van der Waals surface area (Å²) in [4.78, 5) is 10.7. The Bertz CT molecular complexity index is 527. The van der Waals surface area contributed by atoms with Gasteiger partial charge in [0, 0.05) is 6.42 Å². The second-order valence-corrected chi connectivity index (χ2v) is 7.74. The van der Waals surface area contributed by atoms with Gasteiger partial charge in [-0.2, -0.15) is 0 Å². The van der Waals surface area contributed by atoms with Crippen LogP contribution >= 0.6 is 0 Å². The minimum absolute atomic E-state index is 0.0615. The molecule has 0 rings (SSSR count). The van der Waals surface area contributed by atoms with Gasteiger partial charge in [-0.1, -0.05) is 64.7 Å². The van der Waals surface area contributed by atoms with Crippen molar-refractivity contribution in [2.24, 2.45) is 0 Å². The van der Waals surface area contributed by atoms with Gasteiger partial charge in [0.15, 0.2) is 0 Å². The van der Waals surface area contributed by atoms with E-state index >= 15 is 0 Å². The molecular weight excluding hydrogens is 408 g/mol. The van der Waals surface area contributed by atoms with Gasteiger partial charge in [0.1, 0.15) is 0 Å². The zero-order valence-corrected chi connectivity index (χ0v) is 17.1. The zero-order valence-electron chi connectivity index (χ0n) is 17.1. The Hall–Kier alpha value is -0.930. The van der Waals surface area contributed by atoms with Gasteiger partial charge < -0.3 is 56.2 Å². The number of carboxylic acids is 1. The topological polar surface area (TPSA) is 240 Å². The number of rotatable bonds is 16. The summed E-state index contributed by atoms with van der Waals surface area (Å²) in [6.45, 7) is 2.12. The fourth-order valence-corrected chi connectivity index (χ4v) is 2.95. The lowest BCUT2D eigenvalue weighted by atomic mass is 9.83. The zero-order chi connectivity index (χ0) is 23.9. The molecule has 0 aliphatic heterocycles. The second-order valence-electron chi connectivity index (χ2n) is 7.74. The normalized spacial score (nSPS) is 14.2. The molecule has 0 aromatic carbocycles. The van der Waals surface area contributed by atoms with E-state index in [1.54, 1.807) is 0 Å². The minimum atomic E-state index is -4.95. The first-order valence-electron chi connectivity index (χ1n) is 9.97. The first-order valence-corrected chi connectivity index (χ1v) is 9.97. The summed E-state index contributed by atoms with van der Waals surface area (Å²) < 4.78 is 0. The maximum atomic E-state index is 10.7. The van der Waals surface area contributed by atoms with Crippen molar-refractivity contribution >= 4 is 5.97 Å². The number of aliphatic hydroxyl groups is 10. The maximum Gasteiger partial charge on any atom is 0.370 e. The fourth-order valence-electron chi connectivity index (χ4n) is 2.95. The van der Waals surface area contributed by atoms with Crippen LogP contribution in [0, 0.1) is 0 Å². The first kappa shape index (κ1) is 29.1. The Morgan fingerprint density at radius 1 is 0.567 bits per heavy atom. The largest absolute Gasteiger partial charge is 0.477 e. The predicted octanol–water partition coefficient (Wildman–Crippen LogP) is -2.21. The lowest BCUT2D eigenvalue weighted by Gasteiger charge is -2.49. The SMILES string of the molecule is CCCCCCCCCCCCC(O)(O)C(O)(O)C(O)(O)C(O)(O)C(O)(O)C(=O)O. The molecule has 0 aliphatic carbocycles. The van der Waals surface area contributed by atoms with Crippen molar-refractivity contribution in [3.63, 3.8) is 0 Å². The molecule has 0 heterocycles. The highest BCUT2D eigenvalue weighted by Gasteiger charge is 2.77. The van der Waals surface area contributed by atoms with E-state index in [0.717, 1.165) is 38.5 Å². The van der Waals surface area contributed by atoms with Crippen LogP contribution in [-0.4, -0.2) is 91.1 Å². The minimum Gasteiger partial charge on any atom is -0.477 e. The molecule has 0 aromatic heterocycles. The molecule has 0 saturated heterocycles. The number of hydrogen-bond donors (Lipinski definition) is 11. The molecule has 180 valence electrons. The lowest BCUT2D eigenvalue weighted by Crippen LogP contribution is -2.82. The second kappa shape index (κ2) is 11.1. The molecule has 0 amide bonds. The maximum absolute atomic E-state index is 10.7. The summed E-state index contributed by atoms with van der Waals surface area (Å²) in [6.07, 6.45) is 7.57. The molecule has 0 unspecified atom stereocenters. The van der Waals surface area contributed by atoms with E-state index in [1.807, 2.05) is 0 Å². The van der Waals surface area contributed by atoms with Gasteiger partial charge in [-0.3, -0.25) is 0 Å². The molecule has 30 heavy (non-hydrogen) atoms. The van der Waals surface area contributed by atoms with Gasteiger partial charge in [0.25, 0.3) is 17.4 Å². The number of aliphatic carboxylic acids is 1. The average Bonchev–Trinajstić information content (AvgIpc) is 2.62. The lowest BCUT2D eigenvalue weighted by molar-refractivity contribution is -0.534. The smallest absolute Gasteiger partial charge is 0.370 e. The third-order valence-corrected chi connectivity index (χ3v) is 5.19. The predicted molar refractivity (Wildman–Crippen MR) is 99.9 cm³/mol. The summed E-state index contributed by atoms with van der Waals surface area (Å²) >= 11 is 0. The van der Waals surface area contributed by atoms with Gasteiger partial charge in [-0.05, 0) is 6.42 Å². The fraction of sp³-hybridized carbons (Fsp3) is 0.944. The van der Waals surface area contributed by atoms with E-state index in [2.05, 4.69) is 6.92 Å². The van der Waals surface area contributed by atoms with E-state index in [9.17, 15) is 55.9 Å². The van der Waals surface area contributed by atoms with Gasteiger partial charge in [-0.15, -0.1) is 0 Å². The van der Waals surface area contributed by atoms with Crippen LogP contribution in [0.1, 0.15) is 77.6 Å². The van der Waals surface area contributed by atoms with Crippen LogP contribution in [0.3, 0.4) is 0 Å². The summed E-state index contributed by atoms with van der Waals surface area (Å²) in [5, 5.41) is 105. The van der Waals surface area contributed by atoms with Gasteiger partial charge in [0.05, 0.1) is 0 Å². The summed E-state index contributed by atoms with van der Waals surface area (Å²) in [5.74, 6) is -25.8. The van der Waals surface area contributed by atoms with Crippen LogP contribution in [0.5, 0.6) is 0 Å². The van der Waals surface area contributed by atoms with Crippen molar-refractivity contribution in [3.8, 4) is 0 Å². The molecule has 0 aliphatic rings. The molecule has 0 fully saturated rings. The van der Waals surface area contributed by atoms with E-state index < -0.39 is 41.3 Å². The molecular formula is C18H36O12. The molecule has 0 radical (unpaired) electrons. The Balaban J connectivity index is 4.84. The highest BCUT2D eigenvalue weighted by atomic mass is 16.7. The highest BCUT2D eigenvalue weighted by Crippen LogP contribution is 2.40. The van der Waals surface area contributed by atoms with Crippen LogP contribution < -0.4 is 0 Å². The molecule has 0 aromatic rings. The standard InChI is InChI=1S/C18H36O12/c1-2-3-4-5-6-7-8-9-10-11-12-14(21,22)16(25,26)18(29,30)17(27,28)15(23,24)13(19)20/h21-30H,2-12H2,1H3,(H,19,20). The average molecular weight is 444 g/mol. The van der Waals surface area contributed by atoms with Crippen molar-refractivity contribution in [3.05, 3.63) is 0 Å². The van der Waals surface area contributed by atoms with Crippen LogP contribution in [0.25, 0.3) is 0 Å². The third kappa shape index (κ3) is 6.29. The molecule has 12 nitrogen and oxygen atoms in total. The van der Waals surface area contributed by atoms with E-state index in [0.29, 0.717) is 12.8 Å². The third-order valence-electron chi connectivity index (χ3n) is 5.19. The summed E-state index contributed by atoms with van der Waals surface area (Å²) in [7, 11) is 0. The van der Waals surface area contributed by atoms with Crippen molar-refractivity contribution in [1.29, 1.82) is 0 Å². The Morgan fingerprint density at radius 2 is 0.933 bits per heavy atom. The van der Waals surface area contributed by atoms with Crippen molar-refractivity contribution in [1.82, 2.24) is 0 Å². The van der Waals surface area contributed by atoms with Gasteiger partial charge in [0.2, 0.25) is 5.79 Å².